The van der Waals surface area contributed by atoms with Crippen molar-refractivity contribution in [1.29, 1.82) is 0 Å². The number of benzene rings is 3. The molecule has 2 fully saturated rings. The number of amides is 1. The maximum Gasteiger partial charge on any atom is 0.357 e. The van der Waals surface area contributed by atoms with Gasteiger partial charge in [0.15, 0.2) is 16.0 Å². The number of fused-ring (bicyclic) bond motifs is 2. The maximum atomic E-state index is 13.5. The topological polar surface area (TPSA) is 134 Å². The minimum Gasteiger partial charge on any atom is -0.494 e. The van der Waals surface area contributed by atoms with E-state index in [1.807, 2.05) is 60.7 Å². The van der Waals surface area contributed by atoms with Crippen LogP contribution in [0.25, 0.3) is 10.2 Å². The molecule has 13 heteroatoms. The molecule has 3 aliphatic rings. The Hall–Kier alpha value is -5.29. The van der Waals surface area contributed by atoms with Gasteiger partial charge in [-0.1, -0.05) is 47.4 Å². The van der Waals surface area contributed by atoms with E-state index < -0.39 is 11.9 Å². The number of hydrogen-bond acceptors (Lipinski definition) is 11. The zero-order valence-electron chi connectivity index (χ0n) is 31.2. The number of methoxy groups -OCH3 is 1. The average molecular weight is 790 g/mol. The number of aliphatic carboxylic acids is 1. The molecular weight excluding hydrogens is 747 g/mol. The molecule has 288 valence electrons. The van der Waals surface area contributed by atoms with Crippen LogP contribution >= 0.6 is 22.7 Å². The smallest absolute Gasteiger partial charge is 0.357 e. The number of anilines is 2. The van der Waals surface area contributed by atoms with Gasteiger partial charge in [0, 0.05) is 29.1 Å². The molecule has 1 aliphatic carbocycles. The predicted octanol–water partition coefficient (Wildman–Crippen LogP) is 7.29. The summed E-state index contributed by atoms with van der Waals surface area (Å²) in [6.07, 6.45) is 5.79. The number of thiazole rings is 2. The summed E-state index contributed by atoms with van der Waals surface area (Å²) >= 11 is 2.93. The summed E-state index contributed by atoms with van der Waals surface area (Å²) in [4.78, 5) is 52.2. The summed E-state index contributed by atoms with van der Waals surface area (Å²) in [5.41, 5.74) is 5.01. The van der Waals surface area contributed by atoms with Gasteiger partial charge in [0.2, 0.25) is 0 Å². The molecule has 3 aromatic carbocycles. The molecule has 5 aromatic rings. The molecule has 1 spiro atoms. The fraction of sp³-hybridized carbons (Fsp3) is 0.372. The number of carboxylic acids is 1. The summed E-state index contributed by atoms with van der Waals surface area (Å²) in [7, 11) is 1.37. The van der Waals surface area contributed by atoms with Gasteiger partial charge < -0.3 is 19.5 Å². The van der Waals surface area contributed by atoms with Crippen molar-refractivity contribution in [3.05, 3.63) is 99.6 Å². The first kappa shape index (κ1) is 37.6. The Labute approximate surface area is 333 Å². The normalized spacial score (nSPS) is 16.4. The molecule has 8 rings (SSSR count). The molecular formula is C43H43N5O6S2. The number of carboxylic acid groups (broad SMARTS) is 1. The number of esters is 1. The van der Waals surface area contributed by atoms with Crippen molar-refractivity contribution in [1.82, 2.24) is 14.9 Å². The summed E-state index contributed by atoms with van der Waals surface area (Å²) in [6.45, 7) is 4.32. The third kappa shape index (κ3) is 8.28. The summed E-state index contributed by atoms with van der Waals surface area (Å²) < 4.78 is 12.2. The Morgan fingerprint density at radius 3 is 2.55 bits per heavy atom. The van der Waals surface area contributed by atoms with Crippen molar-refractivity contribution < 1.29 is 29.0 Å². The number of carbonyl (C=O) groups is 3. The van der Waals surface area contributed by atoms with Crippen LogP contribution in [0.2, 0.25) is 0 Å². The number of rotatable bonds is 11. The Balaban J connectivity index is 0.837. The van der Waals surface area contributed by atoms with E-state index in [0.717, 1.165) is 87.9 Å². The molecule has 0 unspecified atom stereocenters. The highest BCUT2D eigenvalue weighted by Gasteiger charge is 2.48. The fourth-order valence-electron chi connectivity index (χ4n) is 8.01. The van der Waals surface area contributed by atoms with Crippen LogP contribution in [0.3, 0.4) is 0 Å². The van der Waals surface area contributed by atoms with Crippen molar-refractivity contribution >= 4 is 61.0 Å². The van der Waals surface area contributed by atoms with Crippen LogP contribution in [0.1, 0.15) is 74.5 Å². The van der Waals surface area contributed by atoms with E-state index in [4.69, 9.17) is 14.5 Å². The Morgan fingerprint density at radius 2 is 1.79 bits per heavy atom. The number of aromatic nitrogens is 2. The third-order valence-corrected chi connectivity index (χ3v) is 13.3. The van der Waals surface area contributed by atoms with E-state index in [1.54, 1.807) is 0 Å². The standard InChI is InChI=1S/C43H43N5O6S2/c1-53-40(52)37-36(12-6-24-54-31-15-13-28(14-16-31)7-5-20-47-22-18-43(19-23-47)25-30(26-43)39(50)51)56-42(45-37)48-21-17-29-8-4-9-32(33(29)27-48)38(49)46-41-44-34-10-2-3-11-35(34)55-41/h2-4,8-11,13-16,30H,6,12,17-27H2,1H3,(H,50,51)(H,44,46,49). The second-order valence-corrected chi connectivity index (χ2v) is 16.9. The van der Waals surface area contributed by atoms with Crippen molar-refractivity contribution in [3.8, 4) is 17.6 Å². The highest BCUT2D eigenvalue weighted by molar-refractivity contribution is 7.22. The van der Waals surface area contributed by atoms with Crippen LogP contribution in [-0.4, -0.2) is 77.7 Å². The summed E-state index contributed by atoms with van der Waals surface area (Å²) in [5.74, 6) is 5.84. The van der Waals surface area contributed by atoms with Gasteiger partial charge in [0.05, 0.1) is 36.4 Å². The van der Waals surface area contributed by atoms with Crippen LogP contribution < -0.4 is 15.0 Å². The van der Waals surface area contributed by atoms with Crippen LogP contribution in [0.4, 0.5) is 10.3 Å². The minimum atomic E-state index is -0.650. The second kappa shape index (κ2) is 16.4. The van der Waals surface area contributed by atoms with Gasteiger partial charge in [0.25, 0.3) is 5.91 Å². The first-order valence-corrected chi connectivity index (χ1v) is 20.7. The Bertz CT molecular complexity index is 2280. The van der Waals surface area contributed by atoms with Crippen LogP contribution in [0.15, 0.2) is 66.7 Å². The van der Waals surface area contributed by atoms with Crippen molar-refractivity contribution in [2.24, 2.45) is 11.3 Å². The molecule has 2 aromatic heterocycles. The zero-order chi connectivity index (χ0) is 38.6. The summed E-state index contributed by atoms with van der Waals surface area (Å²) in [5, 5.41) is 13.5. The Morgan fingerprint density at radius 1 is 0.982 bits per heavy atom. The lowest BCUT2D eigenvalue weighted by molar-refractivity contribution is -0.152. The maximum absolute atomic E-state index is 13.5. The second-order valence-electron chi connectivity index (χ2n) is 14.8. The number of likely N-dealkylation sites (tertiary alicyclic amines) is 1. The van der Waals surface area contributed by atoms with E-state index in [0.29, 0.717) is 55.5 Å². The monoisotopic (exact) mass is 789 g/mol. The highest BCUT2D eigenvalue weighted by Crippen LogP contribution is 2.52. The molecule has 0 radical (unpaired) electrons. The molecule has 0 atom stereocenters. The van der Waals surface area contributed by atoms with Crippen molar-refractivity contribution in [3.63, 3.8) is 0 Å². The summed E-state index contributed by atoms with van der Waals surface area (Å²) in [6, 6.07) is 21.4. The molecule has 0 bridgehead atoms. The van der Waals surface area contributed by atoms with Gasteiger partial charge in [-0.2, -0.15) is 0 Å². The van der Waals surface area contributed by atoms with Gasteiger partial charge in [-0.25, -0.2) is 14.8 Å². The number of piperidine rings is 1. The van der Waals surface area contributed by atoms with E-state index >= 15 is 0 Å². The number of para-hydroxylation sites is 1. The van der Waals surface area contributed by atoms with E-state index in [-0.39, 0.29) is 17.2 Å². The quantitative estimate of drug-likeness (QED) is 0.0799. The number of nitrogens with zero attached hydrogens (tertiary/aromatic N) is 4. The highest BCUT2D eigenvalue weighted by atomic mass is 32.1. The van der Waals surface area contributed by atoms with Crippen LogP contribution in [0.5, 0.6) is 5.75 Å². The Kier molecular flexibility index (Phi) is 11.0. The average Bonchev–Trinajstić information content (AvgIpc) is 3.82. The molecule has 56 heavy (non-hydrogen) atoms. The number of ether oxygens (including phenoxy) is 2. The zero-order valence-corrected chi connectivity index (χ0v) is 32.8. The van der Waals surface area contributed by atoms with E-state index in [2.05, 4.69) is 38.0 Å². The van der Waals surface area contributed by atoms with Crippen molar-refractivity contribution in [2.75, 3.05) is 50.1 Å². The number of nitrogens with one attached hydrogen (secondary N) is 1. The molecule has 11 nitrogen and oxygen atoms in total. The predicted molar refractivity (Wildman–Crippen MR) is 218 cm³/mol. The van der Waals surface area contributed by atoms with Crippen LogP contribution in [0, 0.1) is 23.2 Å². The first-order chi connectivity index (χ1) is 27.3. The van der Waals surface area contributed by atoms with Gasteiger partial charge in [-0.05, 0) is 117 Å². The largest absolute Gasteiger partial charge is 0.494 e. The lowest BCUT2D eigenvalue weighted by Gasteiger charge is -2.50. The third-order valence-electron chi connectivity index (χ3n) is 11.2. The minimum absolute atomic E-state index is 0.153. The van der Waals surface area contributed by atoms with Crippen molar-refractivity contribution in [2.45, 2.75) is 51.5 Å². The molecule has 2 aliphatic heterocycles. The lowest BCUT2D eigenvalue weighted by Crippen LogP contribution is -2.48. The molecule has 1 saturated carbocycles. The van der Waals surface area contributed by atoms with Gasteiger partial charge >= 0.3 is 11.9 Å². The van der Waals surface area contributed by atoms with Gasteiger partial charge in [-0.15, -0.1) is 11.3 Å². The van der Waals surface area contributed by atoms with Gasteiger partial charge in [-0.3, -0.25) is 19.8 Å². The SMILES string of the molecule is COC(=O)c1nc(N2CCc3cccc(C(=O)Nc4nc5ccccc5s4)c3C2)sc1CCCOc1ccc(C#CCN2CCC3(CC2)CC(C(=O)O)C3)cc1. The number of aryl methyl sites for hydroxylation is 1. The molecule has 1 amide bonds. The lowest BCUT2D eigenvalue weighted by atomic mass is 9.57. The van der Waals surface area contributed by atoms with Gasteiger partial charge in [0.1, 0.15) is 5.75 Å². The number of hydrogen-bond donors (Lipinski definition) is 2. The first-order valence-electron chi connectivity index (χ1n) is 19.0. The van der Waals surface area contributed by atoms with E-state index in [1.165, 1.54) is 29.8 Å². The number of carbonyl (C=O) groups excluding carboxylic acids is 2. The fourth-order valence-corrected chi connectivity index (χ4v) is 9.99. The molecule has 2 N–H and O–H groups in total. The van der Waals surface area contributed by atoms with Crippen LogP contribution in [-0.2, 0) is 28.9 Å². The molecule has 1 saturated heterocycles. The molecule has 4 heterocycles. The van der Waals surface area contributed by atoms with E-state index in [9.17, 15) is 19.5 Å².